The average molecular weight is 287 g/mol. The minimum Gasteiger partial charge on any atom is -0.491 e. The van der Waals surface area contributed by atoms with Gasteiger partial charge in [0.1, 0.15) is 12.4 Å². The molecule has 1 rings (SSSR count). The monoisotopic (exact) mass is 286 g/mol. The van der Waals surface area contributed by atoms with E-state index >= 15 is 0 Å². The summed E-state index contributed by atoms with van der Waals surface area (Å²) in [4.78, 5) is 0. The molecule has 90 valence electrons. The summed E-state index contributed by atoms with van der Waals surface area (Å²) in [7, 11) is 0. The van der Waals surface area contributed by atoms with Gasteiger partial charge in [-0.05, 0) is 18.9 Å². The molecule has 0 aliphatic heterocycles. The molecule has 0 aromatic heterocycles. The predicted molar refractivity (Wildman–Crippen MR) is 70.4 cm³/mol. The Balaban J connectivity index is 2.46. The van der Waals surface area contributed by atoms with Crippen LogP contribution in [0.25, 0.3) is 0 Å². The molecule has 0 aliphatic rings. The number of halogens is 1. The van der Waals surface area contributed by atoms with Gasteiger partial charge in [0.25, 0.3) is 0 Å². The van der Waals surface area contributed by atoms with Crippen molar-refractivity contribution in [2.24, 2.45) is 0 Å². The number of ether oxygens (including phenoxy) is 2. The summed E-state index contributed by atoms with van der Waals surface area (Å²) in [6.45, 7) is 6.25. The number of para-hydroxylation sites is 1. The van der Waals surface area contributed by atoms with Gasteiger partial charge in [-0.2, -0.15) is 0 Å². The SMILES string of the molecule is CCCOCCOc1c(C)cccc1CBr. The van der Waals surface area contributed by atoms with E-state index in [4.69, 9.17) is 9.47 Å². The summed E-state index contributed by atoms with van der Waals surface area (Å²) in [6, 6.07) is 6.19. The van der Waals surface area contributed by atoms with Crippen molar-refractivity contribution >= 4 is 15.9 Å². The summed E-state index contributed by atoms with van der Waals surface area (Å²) in [5.74, 6) is 0.986. The first kappa shape index (κ1) is 13.5. The topological polar surface area (TPSA) is 18.5 Å². The Morgan fingerprint density at radius 2 is 2.00 bits per heavy atom. The van der Waals surface area contributed by atoms with E-state index in [9.17, 15) is 0 Å². The standard InChI is InChI=1S/C13H19BrO2/c1-3-7-15-8-9-16-13-11(2)5-4-6-12(13)10-14/h4-6H,3,7-10H2,1-2H3. The normalized spacial score (nSPS) is 10.4. The van der Waals surface area contributed by atoms with Gasteiger partial charge in [0.05, 0.1) is 6.61 Å². The molecular weight excluding hydrogens is 268 g/mol. The lowest BCUT2D eigenvalue weighted by atomic mass is 10.1. The number of hydrogen-bond donors (Lipinski definition) is 0. The third-order valence-electron chi connectivity index (χ3n) is 2.26. The summed E-state index contributed by atoms with van der Waals surface area (Å²) in [5.41, 5.74) is 2.36. The van der Waals surface area contributed by atoms with Gasteiger partial charge in [0.15, 0.2) is 0 Å². The minimum atomic E-state index is 0.616. The summed E-state index contributed by atoms with van der Waals surface area (Å²) >= 11 is 3.47. The Morgan fingerprint density at radius 1 is 1.19 bits per heavy atom. The number of benzene rings is 1. The number of aryl methyl sites for hydroxylation is 1. The number of alkyl halides is 1. The highest BCUT2D eigenvalue weighted by Gasteiger charge is 2.05. The van der Waals surface area contributed by atoms with E-state index in [1.807, 2.05) is 6.07 Å². The van der Waals surface area contributed by atoms with Gasteiger partial charge in [-0.15, -0.1) is 0 Å². The molecule has 0 heterocycles. The van der Waals surface area contributed by atoms with Crippen LogP contribution >= 0.6 is 15.9 Å². The molecule has 0 N–H and O–H groups in total. The second-order valence-electron chi connectivity index (χ2n) is 3.66. The fourth-order valence-electron chi connectivity index (χ4n) is 1.47. The highest BCUT2D eigenvalue weighted by molar-refractivity contribution is 9.08. The first-order valence-corrected chi connectivity index (χ1v) is 6.76. The molecule has 1 aromatic rings. The van der Waals surface area contributed by atoms with Crippen LogP contribution in [0, 0.1) is 6.92 Å². The van der Waals surface area contributed by atoms with Crippen LogP contribution in [0.1, 0.15) is 24.5 Å². The molecule has 0 aliphatic carbocycles. The zero-order valence-electron chi connectivity index (χ0n) is 9.96. The largest absolute Gasteiger partial charge is 0.491 e. The summed E-state index contributed by atoms with van der Waals surface area (Å²) in [5, 5.41) is 0.819. The van der Waals surface area contributed by atoms with Gasteiger partial charge in [-0.25, -0.2) is 0 Å². The molecule has 16 heavy (non-hydrogen) atoms. The smallest absolute Gasteiger partial charge is 0.126 e. The van der Waals surface area contributed by atoms with Gasteiger partial charge in [0.2, 0.25) is 0 Å². The Labute approximate surface area is 106 Å². The molecule has 0 atom stereocenters. The molecular formula is C13H19BrO2. The minimum absolute atomic E-state index is 0.616. The maximum atomic E-state index is 5.75. The highest BCUT2D eigenvalue weighted by Crippen LogP contribution is 2.25. The quantitative estimate of drug-likeness (QED) is 0.562. The lowest BCUT2D eigenvalue weighted by Crippen LogP contribution is -2.08. The predicted octanol–water partition coefficient (Wildman–Crippen LogP) is 3.70. The van der Waals surface area contributed by atoms with E-state index in [1.165, 1.54) is 11.1 Å². The van der Waals surface area contributed by atoms with Crippen LogP contribution in [-0.2, 0) is 10.1 Å². The Morgan fingerprint density at radius 3 is 2.69 bits per heavy atom. The van der Waals surface area contributed by atoms with Gasteiger partial charge in [0, 0.05) is 17.5 Å². The Hall–Kier alpha value is -0.540. The van der Waals surface area contributed by atoms with Gasteiger partial charge < -0.3 is 9.47 Å². The molecule has 0 spiro atoms. The highest BCUT2D eigenvalue weighted by atomic mass is 79.9. The average Bonchev–Trinajstić information content (AvgIpc) is 2.30. The van der Waals surface area contributed by atoms with Crippen LogP contribution in [0.15, 0.2) is 18.2 Å². The van der Waals surface area contributed by atoms with Crippen LogP contribution in [0.4, 0.5) is 0 Å². The van der Waals surface area contributed by atoms with Crippen molar-refractivity contribution < 1.29 is 9.47 Å². The molecule has 0 bridgehead atoms. The molecule has 0 saturated carbocycles. The zero-order chi connectivity index (χ0) is 11.8. The summed E-state index contributed by atoms with van der Waals surface area (Å²) in [6.07, 6.45) is 1.05. The third-order valence-corrected chi connectivity index (χ3v) is 2.86. The molecule has 3 heteroatoms. The first-order chi connectivity index (χ1) is 7.79. The van der Waals surface area contributed by atoms with Crippen molar-refractivity contribution in [2.75, 3.05) is 19.8 Å². The number of rotatable bonds is 7. The first-order valence-electron chi connectivity index (χ1n) is 5.64. The third kappa shape index (κ3) is 4.14. The molecule has 0 saturated heterocycles. The Bertz CT molecular complexity index is 313. The van der Waals surface area contributed by atoms with Crippen molar-refractivity contribution in [3.8, 4) is 5.75 Å². The van der Waals surface area contributed by atoms with Crippen molar-refractivity contribution in [3.05, 3.63) is 29.3 Å². The molecule has 0 fully saturated rings. The number of hydrogen-bond acceptors (Lipinski definition) is 2. The van der Waals surface area contributed by atoms with Crippen LogP contribution < -0.4 is 4.74 Å². The van der Waals surface area contributed by atoms with E-state index in [0.29, 0.717) is 13.2 Å². The molecule has 1 aromatic carbocycles. The maximum absolute atomic E-state index is 5.75. The van der Waals surface area contributed by atoms with Crippen LogP contribution in [0.3, 0.4) is 0 Å². The van der Waals surface area contributed by atoms with Gasteiger partial charge in [-0.1, -0.05) is 41.1 Å². The second-order valence-corrected chi connectivity index (χ2v) is 4.22. The van der Waals surface area contributed by atoms with E-state index in [0.717, 1.165) is 24.1 Å². The molecule has 0 amide bonds. The van der Waals surface area contributed by atoms with Crippen LogP contribution in [-0.4, -0.2) is 19.8 Å². The maximum Gasteiger partial charge on any atom is 0.126 e. The van der Waals surface area contributed by atoms with Crippen molar-refractivity contribution in [1.82, 2.24) is 0 Å². The van der Waals surface area contributed by atoms with Crippen molar-refractivity contribution in [3.63, 3.8) is 0 Å². The molecule has 2 nitrogen and oxygen atoms in total. The van der Waals surface area contributed by atoms with Gasteiger partial charge >= 0.3 is 0 Å². The van der Waals surface area contributed by atoms with E-state index < -0.39 is 0 Å². The fraction of sp³-hybridized carbons (Fsp3) is 0.538. The molecule has 0 radical (unpaired) electrons. The fourth-order valence-corrected chi connectivity index (χ4v) is 1.92. The van der Waals surface area contributed by atoms with E-state index in [-0.39, 0.29) is 0 Å². The lowest BCUT2D eigenvalue weighted by molar-refractivity contribution is 0.100. The molecule has 0 unspecified atom stereocenters. The van der Waals surface area contributed by atoms with Crippen molar-refractivity contribution in [1.29, 1.82) is 0 Å². The Kier molecular flexibility index (Phi) is 6.50. The van der Waals surface area contributed by atoms with E-state index in [1.54, 1.807) is 0 Å². The van der Waals surface area contributed by atoms with Crippen LogP contribution in [0.5, 0.6) is 5.75 Å². The van der Waals surface area contributed by atoms with Crippen molar-refractivity contribution in [2.45, 2.75) is 25.6 Å². The second kappa shape index (κ2) is 7.69. The zero-order valence-corrected chi connectivity index (χ0v) is 11.5. The van der Waals surface area contributed by atoms with Crippen LogP contribution in [0.2, 0.25) is 0 Å². The lowest BCUT2D eigenvalue weighted by Gasteiger charge is -2.12. The van der Waals surface area contributed by atoms with Gasteiger partial charge in [-0.3, -0.25) is 0 Å². The van der Waals surface area contributed by atoms with E-state index in [2.05, 4.69) is 41.9 Å². The summed E-state index contributed by atoms with van der Waals surface area (Å²) < 4.78 is 11.1.